The quantitative estimate of drug-likeness (QED) is 0.0962. The van der Waals surface area contributed by atoms with Gasteiger partial charge in [0.1, 0.15) is 18.4 Å². The van der Waals surface area contributed by atoms with E-state index in [1.165, 1.54) is 24.3 Å². The zero-order valence-corrected chi connectivity index (χ0v) is 24.5. The van der Waals surface area contributed by atoms with E-state index in [4.69, 9.17) is 5.11 Å². The molecule has 14 nitrogen and oxygen atoms in total. The molecule has 0 spiro atoms. The fourth-order valence-electron chi connectivity index (χ4n) is 3.26. The van der Waals surface area contributed by atoms with Gasteiger partial charge in [-0.05, 0) is 30.7 Å². The van der Waals surface area contributed by atoms with Gasteiger partial charge >= 0.3 is 142 Å². The Morgan fingerprint density at radius 3 is 2.07 bits per heavy atom. The number of amides is 4. The summed E-state index contributed by atoms with van der Waals surface area (Å²) in [5, 5.41) is 27.6. The Morgan fingerprint density at radius 2 is 1.50 bits per heavy atom. The van der Waals surface area contributed by atoms with Crippen LogP contribution < -0.4 is 25.6 Å². The third-order valence-corrected chi connectivity index (χ3v) is 7.97. The summed E-state index contributed by atoms with van der Waals surface area (Å²) >= 11 is -2.09. The first-order chi connectivity index (χ1) is 19.8. The van der Waals surface area contributed by atoms with E-state index in [1.54, 1.807) is 0 Å². The summed E-state index contributed by atoms with van der Waals surface area (Å²) in [7, 11) is 0. The predicted octanol–water partition coefficient (Wildman–Crippen LogP) is -1.47. The summed E-state index contributed by atoms with van der Waals surface area (Å²) < 4.78 is 32.0. The molecule has 0 unspecified atom stereocenters. The molecule has 2 rings (SSSR count). The Morgan fingerprint density at radius 1 is 0.857 bits per heavy atom. The van der Waals surface area contributed by atoms with Crippen molar-refractivity contribution in [3.8, 4) is 0 Å². The first-order valence-electron chi connectivity index (χ1n) is 12.1. The van der Waals surface area contributed by atoms with Gasteiger partial charge in [-0.15, -0.1) is 0 Å². The molecule has 226 valence electrons. The minimum absolute atomic E-state index is 0.00560. The molecule has 17 heteroatoms. The van der Waals surface area contributed by atoms with Crippen molar-refractivity contribution in [3.05, 3.63) is 59.9 Å². The van der Waals surface area contributed by atoms with Gasteiger partial charge in [-0.1, -0.05) is 0 Å². The number of carbonyl (C=O) groups excluding carboxylic acids is 4. The number of carboxylic acid groups (broad SMARTS) is 2. The van der Waals surface area contributed by atoms with E-state index in [2.05, 4.69) is 21.3 Å². The molecule has 8 N–H and O–H groups in total. The van der Waals surface area contributed by atoms with Crippen LogP contribution >= 0.6 is 11.8 Å². The van der Waals surface area contributed by atoms with E-state index in [1.807, 2.05) is 0 Å². The van der Waals surface area contributed by atoms with Gasteiger partial charge < -0.3 is 15.5 Å². The third kappa shape index (κ3) is 12.3. The summed E-state index contributed by atoms with van der Waals surface area (Å²) in [5.41, 5.74) is 0.398. The van der Waals surface area contributed by atoms with Crippen LogP contribution in [-0.4, -0.2) is 99.4 Å². The topological polar surface area (TPSA) is 231 Å². The average Bonchev–Trinajstić information content (AvgIpc) is 2.93. The summed E-state index contributed by atoms with van der Waals surface area (Å²) in [6, 6.07) is 7.51. The normalized spacial score (nSPS) is 12.1. The van der Waals surface area contributed by atoms with Crippen LogP contribution in [0.5, 0.6) is 0 Å². The molecule has 0 aromatic heterocycles. The van der Waals surface area contributed by atoms with Crippen LogP contribution in [0.3, 0.4) is 0 Å². The number of aliphatic carboxylic acids is 2. The Balaban J connectivity index is 1.93. The summed E-state index contributed by atoms with van der Waals surface area (Å²) in [4.78, 5) is 72.1. The minimum Gasteiger partial charge on any atom is -0.480 e. The molecular formula is C25H28AsFN4O10S. The molecule has 0 aliphatic carbocycles. The zero-order valence-electron chi connectivity index (χ0n) is 21.8. The molecule has 0 heterocycles. The van der Waals surface area contributed by atoms with Crippen molar-refractivity contribution in [2.24, 2.45) is 0 Å². The number of benzene rings is 2. The molecule has 0 bridgehead atoms. The second-order valence-electron chi connectivity index (χ2n) is 8.54. The number of rotatable bonds is 16. The molecule has 0 radical (unpaired) electrons. The van der Waals surface area contributed by atoms with Gasteiger partial charge in [-0.2, -0.15) is 0 Å². The number of hydrogen-bond acceptors (Lipinski definition) is 9. The maximum absolute atomic E-state index is 13.1. The van der Waals surface area contributed by atoms with Crippen molar-refractivity contribution in [1.29, 1.82) is 0 Å². The van der Waals surface area contributed by atoms with Gasteiger partial charge in [-0.3, -0.25) is 14.4 Å². The Hall–Kier alpha value is -3.98. The minimum atomic E-state index is -3.04. The number of hydrogen-bond donors (Lipinski definition) is 8. The van der Waals surface area contributed by atoms with Crippen molar-refractivity contribution in [3.63, 3.8) is 0 Å². The van der Waals surface area contributed by atoms with Crippen molar-refractivity contribution >= 4 is 72.7 Å². The SMILES string of the molecule is O=C(O)CNC(=O)[C@H](CSCC(=O)Nc1ccc([As](O)O)cc1)NC(=O)CC[C@H](NC(=O)c1ccc([18F])cc1)C(=O)O. The second-order valence-corrected chi connectivity index (χ2v) is 11.9. The molecule has 0 aliphatic rings. The summed E-state index contributed by atoms with van der Waals surface area (Å²) in [5.74, 6) is -6.53. The Bertz CT molecular complexity index is 1280. The average molecular weight is 670 g/mol. The molecule has 0 fully saturated rings. The van der Waals surface area contributed by atoms with Gasteiger partial charge in [0, 0.05) is 12.0 Å². The number of nitrogens with one attached hydrogen (secondary N) is 4. The van der Waals surface area contributed by atoms with Crippen molar-refractivity contribution in [1.82, 2.24) is 16.0 Å². The molecular weight excluding hydrogens is 641 g/mol. The third-order valence-electron chi connectivity index (χ3n) is 5.34. The zero-order chi connectivity index (χ0) is 31.2. The number of carboxylic acids is 2. The van der Waals surface area contributed by atoms with Gasteiger partial charge in [-0.25, -0.2) is 9.18 Å². The molecule has 2 atom stereocenters. The van der Waals surface area contributed by atoms with Gasteiger partial charge in [0.15, 0.2) is 0 Å². The number of carbonyl (C=O) groups is 6. The number of halogens is 1. The van der Waals surface area contributed by atoms with Crippen LogP contribution in [-0.2, 0) is 24.0 Å². The van der Waals surface area contributed by atoms with E-state index >= 15 is 0 Å². The van der Waals surface area contributed by atoms with E-state index in [-0.39, 0.29) is 23.5 Å². The molecule has 42 heavy (non-hydrogen) atoms. The Labute approximate surface area is 248 Å². The fraction of sp³-hybridized carbons (Fsp3) is 0.280. The van der Waals surface area contributed by atoms with Crippen LogP contribution in [0, 0.1) is 5.82 Å². The van der Waals surface area contributed by atoms with Crippen LogP contribution in [0.25, 0.3) is 0 Å². The van der Waals surface area contributed by atoms with E-state index in [0.29, 0.717) is 10.0 Å². The van der Waals surface area contributed by atoms with Crippen molar-refractivity contribution in [2.45, 2.75) is 24.9 Å². The van der Waals surface area contributed by atoms with Crippen LogP contribution in [0.2, 0.25) is 0 Å². The first kappa shape index (κ1) is 34.2. The van der Waals surface area contributed by atoms with E-state index in [0.717, 1.165) is 36.0 Å². The number of anilines is 1. The van der Waals surface area contributed by atoms with Crippen LogP contribution in [0.4, 0.5) is 10.1 Å². The molecule has 0 saturated carbocycles. The van der Waals surface area contributed by atoms with Crippen LogP contribution in [0.1, 0.15) is 23.2 Å². The smallest absolute Gasteiger partial charge is 0.480 e. The van der Waals surface area contributed by atoms with Crippen molar-refractivity contribution < 1.29 is 51.6 Å². The fourth-order valence-corrected chi connectivity index (χ4v) is 4.97. The van der Waals surface area contributed by atoms with E-state index in [9.17, 15) is 46.5 Å². The Kier molecular flexibility index (Phi) is 13.9. The standard InChI is InChI=1S/C25H28AsFN4O10S/c27-16-5-1-14(2-6-16)23(36)31-18(25(38)39)9-10-20(32)30-19(24(37)28-11-22(34)35)12-42-13-21(33)29-17-7-3-15(4-8-17)26(40)41/h1-8,18-19,40-41H,9-13H2,(H,28,37)(H,29,33)(H,30,32)(H,31,36)(H,34,35)(H,38,39)/t18-,19-/m0/s1/i27-1. The second kappa shape index (κ2) is 17.1. The predicted molar refractivity (Wildman–Crippen MR) is 149 cm³/mol. The monoisotopic (exact) mass is 669 g/mol. The molecule has 4 amide bonds. The van der Waals surface area contributed by atoms with Gasteiger partial charge in [0.25, 0.3) is 5.91 Å². The summed E-state index contributed by atoms with van der Waals surface area (Å²) in [6.45, 7) is -0.728. The first-order valence-corrected chi connectivity index (χ1v) is 15.9. The molecule has 0 aliphatic heterocycles. The summed E-state index contributed by atoms with van der Waals surface area (Å²) in [6.07, 6.45) is -0.794. The van der Waals surface area contributed by atoms with Gasteiger partial charge in [0.05, 0.1) is 0 Å². The van der Waals surface area contributed by atoms with E-state index < -0.39 is 81.8 Å². The number of thioether (sulfide) groups is 1. The molecule has 0 saturated heterocycles. The van der Waals surface area contributed by atoms with Crippen molar-refractivity contribution in [2.75, 3.05) is 23.4 Å². The van der Waals surface area contributed by atoms with Gasteiger partial charge in [0.2, 0.25) is 0 Å². The molecule has 2 aromatic rings. The maximum atomic E-state index is 13.1. The molecule has 2 aromatic carbocycles. The van der Waals surface area contributed by atoms with Crippen LogP contribution in [0.15, 0.2) is 48.5 Å².